The van der Waals surface area contributed by atoms with Crippen LogP contribution in [-0.4, -0.2) is 29.9 Å². The Morgan fingerprint density at radius 2 is 2.36 bits per heavy atom. The van der Waals surface area contributed by atoms with Crippen LogP contribution < -0.4 is 0 Å². The highest BCUT2D eigenvalue weighted by Crippen LogP contribution is 2.16. The molecular weight excluding hydrogens is 180 g/mol. The van der Waals surface area contributed by atoms with Gasteiger partial charge in [-0.3, -0.25) is 4.79 Å². The topological polar surface area (TPSA) is 33.2 Å². The highest BCUT2D eigenvalue weighted by atomic mass is 32.2. The molecule has 0 aliphatic rings. The molecule has 0 saturated carbocycles. The Morgan fingerprint density at radius 3 is 2.73 bits per heavy atom. The maximum atomic E-state index is 11.2. The lowest BCUT2D eigenvalue weighted by atomic mass is 10.5. The van der Waals surface area contributed by atoms with Crippen LogP contribution in [0.5, 0.6) is 0 Å². The van der Waals surface area contributed by atoms with Gasteiger partial charge >= 0.3 is 0 Å². The standard InChI is InChI=1S/C6H8N2OS2/c1-8(2)5(9)4-3-7-6(10)11-4/h3H,1-2H3,(H,7,10). The molecule has 0 aliphatic heterocycles. The van der Waals surface area contributed by atoms with Crippen molar-refractivity contribution in [3.63, 3.8) is 0 Å². The second-order valence-corrected chi connectivity index (χ2v) is 3.96. The van der Waals surface area contributed by atoms with Crippen molar-refractivity contribution in [3.05, 3.63) is 11.1 Å². The summed E-state index contributed by atoms with van der Waals surface area (Å²) < 4.78 is 0.621. The van der Waals surface area contributed by atoms with E-state index in [9.17, 15) is 4.79 Å². The van der Waals surface area contributed by atoms with Crippen LogP contribution in [0.4, 0.5) is 0 Å². The molecule has 3 nitrogen and oxygen atoms in total. The Labute approximate surface area is 74.5 Å². The summed E-state index contributed by atoms with van der Waals surface area (Å²) in [6.45, 7) is 0. The molecule has 1 aromatic heterocycles. The van der Waals surface area contributed by atoms with Gasteiger partial charge in [0.15, 0.2) is 0 Å². The summed E-state index contributed by atoms with van der Waals surface area (Å²) in [7, 11) is 3.42. The van der Waals surface area contributed by atoms with Gasteiger partial charge in [0.25, 0.3) is 5.91 Å². The average Bonchev–Trinajstić information content (AvgIpc) is 2.34. The number of thiazole rings is 1. The summed E-state index contributed by atoms with van der Waals surface area (Å²) in [5.41, 5.74) is 0. The van der Waals surface area contributed by atoms with E-state index in [0.717, 1.165) is 0 Å². The molecule has 5 heteroatoms. The zero-order valence-electron chi connectivity index (χ0n) is 6.24. The van der Waals surface area contributed by atoms with Crippen molar-refractivity contribution in [3.8, 4) is 0 Å². The van der Waals surface area contributed by atoms with Crippen LogP contribution in [0.2, 0.25) is 0 Å². The normalized spacial score (nSPS) is 9.73. The molecule has 60 valence electrons. The van der Waals surface area contributed by atoms with Crippen molar-refractivity contribution >= 4 is 29.9 Å². The van der Waals surface area contributed by atoms with Gasteiger partial charge in [0, 0.05) is 14.1 Å². The number of rotatable bonds is 1. The zero-order valence-corrected chi connectivity index (χ0v) is 7.95. The van der Waals surface area contributed by atoms with Gasteiger partial charge in [-0.15, -0.1) is 24.0 Å². The van der Waals surface area contributed by atoms with Crippen molar-refractivity contribution < 1.29 is 4.79 Å². The van der Waals surface area contributed by atoms with Crippen molar-refractivity contribution in [1.82, 2.24) is 9.88 Å². The second-order valence-electron chi connectivity index (χ2n) is 2.21. The van der Waals surface area contributed by atoms with E-state index < -0.39 is 0 Å². The maximum Gasteiger partial charge on any atom is 0.265 e. The number of hydrogen-bond acceptors (Lipinski definition) is 4. The van der Waals surface area contributed by atoms with Gasteiger partial charge < -0.3 is 4.90 Å². The highest BCUT2D eigenvalue weighted by molar-refractivity contribution is 7.82. The van der Waals surface area contributed by atoms with Crippen LogP contribution >= 0.6 is 24.0 Å². The summed E-state index contributed by atoms with van der Waals surface area (Å²) >= 11 is 5.29. The number of amides is 1. The number of carbonyl (C=O) groups excluding carboxylic acids is 1. The average molecular weight is 188 g/mol. The minimum absolute atomic E-state index is 0.0252. The van der Waals surface area contributed by atoms with Gasteiger partial charge in [-0.1, -0.05) is 0 Å². The molecule has 0 bridgehead atoms. The summed E-state index contributed by atoms with van der Waals surface area (Å²) in [5, 5.41) is 0. The third-order valence-electron chi connectivity index (χ3n) is 1.11. The van der Waals surface area contributed by atoms with Gasteiger partial charge in [-0.2, -0.15) is 0 Å². The molecule has 1 amide bonds. The smallest absolute Gasteiger partial charge is 0.265 e. The van der Waals surface area contributed by atoms with Crippen LogP contribution in [0.25, 0.3) is 0 Å². The second kappa shape index (κ2) is 3.23. The summed E-state index contributed by atoms with van der Waals surface area (Å²) in [6.07, 6.45) is 1.54. The van der Waals surface area contributed by atoms with Crippen molar-refractivity contribution in [1.29, 1.82) is 0 Å². The molecule has 0 saturated heterocycles. The lowest BCUT2D eigenvalue weighted by molar-refractivity contribution is 0.0832. The minimum atomic E-state index is -0.0252. The van der Waals surface area contributed by atoms with E-state index in [1.54, 1.807) is 14.1 Å². The number of aromatic nitrogens is 1. The van der Waals surface area contributed by atoms with Crippen molar-refractivity contribution in [2.24, 2.45) is 0 Å². The molecule has 0 atom stereocenters. The van der Waals surface area contributed by atoms with Crippen LogP contribution in [-0.2, 0) is 0 Å². The van der Waals surface area contributed by atoms with Gasteiger partial charge in [0.05, 0.1) is 6.20 Å². The Bertz CT molecular complexity index is 269. The van der Waals surface area contributed by atoms with E-state index in [1.165, 1.54) is 22.4 Å². The van der Waals surface area contributed by atoms with Crippen LogP contribution in [0.15, 0.2) is 10.5 Å². The van der Waals surface area contributed by atoms with E-state index in [2.05, 4.69) is 17.6 Å². The summed E-state index contributed by atoms with van der Waals surface area (Å²) in [6, 6.07) is 0. The maximum absolute atomic E-state index is 11.2. The molecule has 0 unspecified atom stereocenters. The van der Waals surface area contributed by atoms with E-state index in [-0.39, 0.29) is 5.91 Å². The van der Waals surface area contributed by atoms with Gasteiger partial charge in [-0.05, 0) is 0 Å². The number of thiol groups is 1. The Morgan fingerprint density at radius 1 is 1.73 bits per heavy atom. The molecule has 0 fully saturated rings. The molecule has 1 rings (SSSR count). The predicted molar refractivity (Wildman–Crippen MR) is 47.4 cm³/mol. The Balaban J connectivity index is 2.85. The molecule has 11 heavy (non-hydrogen) atoms. The van der Waals surface area contributed by atoms with E-state index in [4.69, 9.17) is 0 Å². The molecule has 0 aliphatic carbocycles. The molecule has 0 aromatic carbocycles. The largest absolute Gasteiger partial charge is 0.344 e. The number of nitrogens with zero attached hydrogens (tertiary/aromatic N) is 2. The predicted octanol–water partition coefficient (Wildman–Crippen LogP) is 1.13. The van der Waals surface area contributed by atoms with Crippen LogP contribution in [0, 0.1) is 0 Å². The fraction of sp³-hybridized carbons (Fsp3) is 0.333. The fourth-order valence-corrected chi connectivity index (χ4v) is 1.61. The molecule has 0 N–H and O–H groups in total. The quantitative estimate of drug-likeness (QED) is 0.670. The van der Waals surface area contributed by atoms with Crippen LogP contribution in [0.3, 0.4) is 0 Å². The third kappa shape index (κ3) is 1.94. The van der Waals surface area contributed by atoms with Crippen LogP contribution in [0.1, 0.15) is 9.67 Å². The van der Waals surface area contributed by atoms with E-state index in [1.807, 2.05) is 0 Å². The highest BCUT2D eigenvalue weighted by Gasteiger charge is 2.10. The molecule has 1 heterocycles. The van der Waals surface area contributed by atoms with Gasteiger partial charge in [0.1, 0.15) is 9.22 Å². The first-order chi connectivity index (χ1) is 5.11. The minimum Gasteiger partial charge on any atom is -0.344 e. The monoisotopic (exact) mass is 188 g/mol. The van der Waals surface area contributed by atoms with Gasteiger partial charge in [0.2, 0.25) is 0 Å². The molecule has 0 spiro atoms. The third-order valence-corrected chi connectivity index (χ3v) is 2.29. The fourth-order valence-electron chi connectivity index (χ4n) is 0.584. The van der Waals surface area contributed by atoms with E-state index >= 15 is 0 Å². The Hall–Kier alpha value is -0.550. The molecule has 0 radical (unpaired) electrons. The first kappa shape index (κ1) is 8.55. The van der Waals surface area contributed by atoms with Crippen molar-refractivity contribution in [2.75, 3.05) is 14.1 Å². The first-order valence-corrected chi connectivity index (χ1v) is 4.24. The molecule has 1 aromatic rings. The van der Waals surface area contributed by atoms with Gasteiger partial charge in [-0.25, -0.2) is 4.98 Å². The Kier molecular flexibility index (Phi) is 2.51. The zero-order chi connectivity index (χ0) is 8.43. The lowest BCUT2D eigenvalue weighted by Gasteiger charge is -2.06. The number of hydrogen-bond donors (Lipinski definition) is 1. The first-order valence-electron chi connectivity index (χ1n) is 2.97. The van der Waals surface area contributed by atoms with E-state index in [0.29, 0.717) is 9.22 Å². The lowest BCUT2D eigenvalue weighted by Crippen LogP contribution is -2.20. The SMILES string of the molecule is CN(C)C(=O)c1cnc(S)s1. The summed E-state index contributed by atoms with van der Waals surface area (Å²) in [5.74, 6) is -0.0252. The molecular formula is C6H8N2OS2. The van der Waals surface area contributed by atoms with Crippen molar-refractivity contribution in [2.45, 2.75) is 4.34 Å². The number of carbonyl (C=O) groups is 1. The summed E-state index contributed by atoms with van der Waals surface area (Å²) in [4.78, 5) is 17.2.